The molecule has 3 aromatic rings. The molecule has 0 bridgehead atoms. The number of hydrogen-bond donors (Lipinski definition) is 0. The van der Waals surface area contributed by atoms with Crippen molar-refractivity contribution in [2.45, 2.75) is 0 Å². The topological polar surface area (TPSA) is 19.4 Å². The van der Waals surface area contributed by atoms with Gasteiger partial charge in [0, 0.05) is 48.4 Å². The average Bonchev–Trinajstić information content (AvgIpc) is 2.76. The Kier molecular flexibility index (Phi) is 4.59. The van der Waals surface area contributed by atoms with Gasteiger partial charge in [-0.1, -0.05) is 41.9 Å². The molecular weight excluding hydrogens is 379 g/mol. The second-order valence-corrected chi connectivity index (χ2v) is 8.60. The van der Waals surface area contributed by atoms with Crippen molar-refractivity contribution in [3.63, 3.8) is 0 Å². The van der Waals surface area contributed by atoms with Crippen molar-refractivity contribution in [1.82, 2.24) is 4.58 Å². The van der Waals surface area contributed by atoms with Gasteiger partial charge in [0.1, 0.15) is 33.3 Å². The molecule has 0 amide bonds. The summed E-state index contributed by atoms with van der Waals surface area (Å²) in [5.74, 6) is 0.897. The lowest BCUT2D eigenvalue weighted by Gasteiger charge is -2.19. The third-order valence-electron chi connectivity index (χ3n) is 6.13. The molecule has 1 aliphatic heterocycles. The fourth-order valence-corrected chi connectivity index (χ4v) is 4.40. The van der Waals surface area contributed by atoms with Gasteiger partial charge in [-0.2, -0.15) is 0 Å². The first-order valence-electron chi connectivity index (χ1n) is 10.6. The van der Waals surface area contributed by atoms with Gasteiger partial charge in [0.2, 0.25) is 5.36 Å². The van der Waals surface area contributed by atoms with Crippen LogP contribution >= 0.6 is 0 Å². The van der Waals surface area contributed by atoms with Gasteiger partial charge in [-0.15, -0.1) is 0 Å². The number of hydrogen-bond acceptors (Lipinski definition) is 2. The summed E-state index contributed by atoms with van der Waals surface area (Å²) in [5.41, 5.74) is 6.90. The van der Waals surface area contributed by atoms with Crippen LogP contribution in [0.25, 0.3) is 44.2 Å². The van der Waals surface area contributed by atoms with E-state index < -0.39 is 0 Å². The first kappa shape index (κ1) is 19.4. The predicted molar refractivity (Wildman–Crippen MR) is 135 cm³/mol. The maximum absolute atomic E-state index is 6.47. The van der Waals surface area contributed by atoms with Crippen molar-refractivity contribution >= 4 is 40.7 Å². The van der Waals surface area contributed by atoms with Crippen LogP contribution in [0.2, 0.25) is 0 Å². The summed E-state index contributed by atoms with van der Waals surface area (Å²) in [6, 6.07) is 26.1. The Hall–Kier alpha value is -3.53. The Labute approximate surface area is 183 Å². The van der Waals surface area contributed by atoms with Crippen molar-refractivity contribution in [3.05, 3.63) is 78.2 Å². The summed E-state index contributed by atoms with van der Waals surface area (Å²) in [4.78, 5) is 2.11. The van der Waals surface area contributed by atoms with E-state index in [1.54, 1.807) is 0 Å². The van der Waals surface area contributed by atoms with E-state index in [9.17, 15) is 0 Å². The zero-order valence-electron chi connectivity index (χ0n) is 18.7. The zero-order chi connectivity index (χ0) is 21.7. The second-order valence-electron chi connectivity index (χ2n) is 8.60. The summed E-state index contributed by atoms with van der Waals surface area (Å²) < 4.78 is 8.58. The molecule has 4 heteroatoms. The van der Waals surface area contributed by atoms with Crippen LogP contribution in [0.4, 0.5) is 5.69 Å². The molecule has 5 rings (SSSR count). The minimum absolute atomic E-state index is 0.897. The van der Waals surface area contributed by atoms with Gasteiger partial charge in [-0.25, -0.2) is 4.58 Å². The molecular formula is C27H26BN2O+. The number of rotatable bonds is 2. The molecule has 0 N–H and O–H groups in total. The van der Waals surface area contributed by atoms with Crippen molar-refractivity contribution < 1.29 is 4.42 Å². The Morgan fingerprint density at radius 1 is 0.774 bits per heavy atom. The van der Waals surface area contributed by atoms with E-state index in [0.29, 0.717) is 0 Å². The van der Waals surface area contributed by atoms with Gasteiger partial charge in [-0.3, -0.25) is 0 Å². The first-order valence-corrected chi connectivity index (χ1v) is 10.6. The van der Waals surface area contributed by atoms with Crippen LogP contribution in [0.1, 0.15) is 0 Å². The summed E-state index contributed by atoms with van der Waals surface area (Å²) in [5, 5.41) is 4.81. The fourth-order valence-electron chi connectivity index (χ4n) is 4.40. The van der Waals surface area contributed by atoms with Gasteiger partial charge in [0.25, 0.3) is 0 Å². The van der Waals surface area contributed by atoms with E-state index in [1.807, 2.05) is 0 Å². The van der Waals surface area contributed by atoms with Gasteiger partial charge in [0.05, 0.1) is 6.07 Å². The molecule has 0 saturated carbocycles. The van der Waals surface area contributed by atoms with Gasteiger partial charge >= 0.3 is 0 Å². The molecule has 1 aliphatic carbocycles. The number of nitrogens with zero attached hydrogens (tertiary/aromatic N) is 2. The molecule has 1 heterocycles. The molecule has 2 aliphatic rings. The van der Waals surface area contributed by atoms with Crippen LogP contribution in [-0.4, -0.2) is 36.0 Å². The monoisotopic (exact) mass is 405 g/mol. The van der Waals surface area contributed by atoms with E-state index in [2.05, 4.69) is 118 Å². The number of benzene rings is 4. The molecule has 0 aromatic heterocycles. The van der Waals surface area contributed by atoms with Gasteiger partial charge in [-0.05, 0) is 34.5 Å². The molecule has 31 heavy (non-hydrogen) atoms. The highest BCUT2D eigenvalue weighted by Gasteiger charge is 2.20. The summed E-state index contributed by atoms with van der Waals surface area (Å²) in [6.45, 7) is 0. The highest BCUT2D eigenvalue weighted by Crippen LogP contribution is 2.42. The first-order chi connectivity index (χ1) is 14.9. The maximum atomic E-state index is 6.47. The summed E-state index contributed by atoms with van der Waals surface area (Å²) in [6.07, 6.45) is 0. The molecule has 152 valence electrons. The molecule has 0 radical (unpaired) electrons. The third-order valence-corrected chi connectivity index (χ3v) is 6.13. The second kappa shape index (κ2) is 7.31. The normalized spacial score (nSPS) is 11.4. The van der Waals surface area contributed by atoms with E-state index in [1.165, 1.54) is 27.4 Å². The maximum Gasteiger partial charge on any atom is 0.203 e. The highest BCUT2D eigenvalue weighted by atomic mass is 16.3. The molecule has 3 aromatic carbocycles. The lowest BCUT2D eigenvalue weighted by molar-refractivity contribution is 0.617. The van der Waals surface area contributed by atoms with E-state index in [0.717, 1.165) is 33.3 Å². The van der Waals surface area contributed by atoms with Crippen molar-refractivity contribution in [3.8, 4) is 22.5 Å². The van der Waals surface area contributed by atoms with Crippen LogP contribution in [0.5, 0.6) is 0 Å². The van der Waals surface area contributed by atoms with E-state index >= 15 is 0 Å². The summed E-state index contributed by atoms with van der Waals surface area (Å²) >= 11 is 0. The molecule has 0 spiro atoms. The van der Waals surface area contributed by atoms with Crippen molar-refractivity contribution in [2.75, 3.05) is 33.1 Å². The zero-order valence-corrected chi connectivity index (χ0v) is 18.7. The van der Waals surface area contributed by atoms with Crippen LogP contribution in [0.15, 0.2) is 77.2 Å². The Morgan fingerprint density at radius 3 is 2.32 bits per heavy atom. The lowest BCUT2D eigenvalue weighted by atomic mass is 9.85. The minimum Gasteiger partial charge on any atom is -0.456 e. The Bertz CT molecular complexity index is 1490. The van der Waals surface area contributed by atoms with Gasteiger partial charge < -0.3 is 9.32 Å². The largest absolute Gasteiger partial charge is 0.456 e. The molecule has 0 unspecified atom stereocenters. The number of fused-ring (bicyclic) bond motifs is 3. The SMILES string of the molecule is Bc1cccc2c(-c3c4ccc(=[N+](C)C)cc-4oc4cc(N(C)C)ccc34)cccc12. The third kappa shape index (κ3) is 3.19. The lowest BCUT2D eigenvalue weighted by Crippen LogP contribution is -2.21. The van der Waals surface area contributed by atoms with Crippen LogP contribution < -0.4 is 20.3 Å². The highest BCUT2D eigenvalue weighted by molar-refractivity contribution is 6.39. The minimum atomic E-state index is 0.897. The van der Waals surface area contributed by atoms with Crippen molar-refractivity contribution in [2.24, 2.45) is 0 Å². The average molecular weight is 405 g/mol. The Morgan fingerprint density at radius 2 is 1.55 bits per heavy atom. The predicted octanol–water partition coefficient (Wildman–Crippen LogP) is 3.71. The molecule has 0 saturated heterocycles. The van der Waals surface area contributed by atoms with Crippen molar-refractivity contribution in [1.29, 1.82) is 0 Å². The van der Waals surface area contributed by atoms with Gasteiger partial charge in [0.15, 0.2) is 0 Å². The van der Waals surface area contributed by atoms with Crippen LogP contribution in [-0.2, 0) is 0 Å². The van der Waals surface area contributed by atoms with E-state index in [4.69, 9.17) is 4.42 Å². The quantitative estimate of drug-likeness (QED) is 0.253. The molecule has 0 fully saturated rings. The Balaban J connectivity index is 1.97. The number of anilines is 1. The van der Waals surface area contributed by atoms with Crippen LogP contribution in [0.3, 0.4) is 0 Å². The van der Waals surface area contributed by atoms with Crippen LogP contribution in [0, 0.1) is 0 Å². The standard InChI is InChI=1S/C27H26BN2O/c1-29(2)17-11-13-22-25(15-17)31-26-16-18(30(3)4)12-14-23(26)27(22)21-9-5-8-20-19(21)7-6-10-24(20)28/h5-16H,28H2,1-4H3/q+1. The fraction of sp³-hybridized carbons (Fsp3) is 0.148. The molecule has 0 atom stereocenters. The smallest absolute Gasteiger partial charge is 0.203 e. The van der Waals surface area contributed by atoms with E-state index in [-0.39, 0.29) is 0 Å². The molecule has 3 nitrogen and oxygen atoms in total. The summed E-state index contributed by atoms with van der Waals surface area (Å²) in [7, 11) is 10.4.